The summed E-state index contributed by atoms with van der Waals surface area (Å²) in [4.78, 5) is 23.5. The first-order valence-electron chi connectivity index (χ1n) is 8.88. The average molecular weight is 366 g/mol. The zero-order chi connectivity index (χ0) is 19.0. The number of hydrogen-bond donors (Lipinski definition) is 2. The van der Waals surface area contributed by atoms with Crippen molar-refractivity contribution in [2.75, 3.05) is 14.2 Å². The van der Waals surface area contributed by atoms with E-state index >= 15 is 0 Å². The van der Waals surface area contributed by atoms with Crippen LogP contribution in [0.25, 0.3) is 10.8 Å². The molecule has 2 N–H and O–H groups in total. The highest BCUT2D eigenvalue weighted by Gasteiger charge is 2.64. The molecule has 27 heavy (non-hydrogen) atoms. The van der Waals surface area contributed by atoms with Gasteiger partial charge in [-0.1, -0.05) is 24.3 Å². The maximum atomic E-state index is 11.7. The summed E-state index contributed by atoms with van der Waals surface area (Å²) < 4.78 is 11.5. The Morgan fingerprint density at radius 1 is 0.852 bits per heavy atom. The molecule has 2 aromatic rings. The van der Waals surface area contributed by atoms with Crippen LogP contribution in [0.2, 0.25) is 0 Å². The van der Waals surface area contributed by atoms with E-state index in [1.54, 1.807) is 14.2 Å². The predicted molar refractivity (Wildman–Crippen MR) is 96.4 cm³/mol. The largest absolute Gasteiger partial charge is 0.496 e. The second-order valence-electron chi connectivity index (χ2n) is 7.38. The number of hydrogen-bond acceptors (Lipinski definition) is 4. The Labute approximate surface area is 155 Å². The molecule has 2 bridgehead atoms. The number of rotatable bonds is 4. The second kappa shape index (κ2) is 5.25. The van der Waals surface area contributed by atoms with Crippen molar-refractivity contribution in [3.63, 3.8) is 0 Å². The van der Waals surface area contributed by atoms with E-state index < -0.39 is 11.9 Å². The zero-order valence-corrected chi connectivity index (χ0v) is 14.9. The van der Waals surface area contributed by atoms with E-state index in [-0.39, 0.29) is 34.8 Å². The summed E-state index contributed by atoms with van der Waals surface area (Å²) in [5.41, 5.74) is 2.09. The molecule has 0 aliphatic heterocycles. The quantitative estimate of drug-likeness (QED) is 0.863. The van der Waals surface area contributed by atoms with Crippen LogP contribution in [0, 0.1) is 11.8 Å². The molecule has 0 amide bonds. The molecule has 0 radical (unpaired) electrons. The molecule has 6 nitrogen and oxygen atoms in total. The van der Waals surface area contributed by atoms with E-state index in [9.17, 15) is 19.8 Å². The lowest BCUT2D eigenvalue weighted by Gasteiger charge is -2.42. The minimum absolute atomic E-state index is 0.0554. The monoisotopic (exact) mass is 366 g/mol. The van der Waals surface area contributed by atoms with Crippen LogP contribution in [0.5, 0.6) is 11.5 Å². The van der Waals surface area contributed by atoms with Gasteiger partial charge in [0.2, 0.25) is 0 Å². The van der Waals surface area contributed by atoms with E-state index in [0.29, 0.717) is 0 Å². The van der Waals surface area contributed by atoms with Crippen LogP contribution in [0.3, 0.4) is 0 Å². The van der Waals surface area contributed by atoms with Crippen LogP contribution in [-0.4, -0.2) is 36.4 Å². The Kier molecular flexibility index (Phi) is 3.15. The first-order valence-corrected chi connectivity index (χ1v) is 8.88. The molecule has 3 aliphatic rings. The second-order valence-corrected chi connectivity index (χ2v) is 7.38. The summed E-state index contributed by atoms with van der Waals surface area (Å²) in [6, 6.07) is 7.80. The highest BCUT2D eigenvalue weighted by atomic mass is 16.5. The van der Waals surface area contributed by atoms with E-state index in [4.69, 9.17) is 9.47 Å². The van der Waals surface area contributed by atoms with Crippen molar-refractivity contribution in [3.8, 4) is 11.5 Å². The molecule has 3 aliphatic carbocycles. The number of benzene rings is 2. The van der Waals surface area contributed by atoms with Crippen LogP contribution in [-0.2, 0) is 9.59 Å². The number of fused-ring (bicyclic) bond motifs is 9. The average Bonchev–Trinajstić information content (AvgIpc) is 3.11. The molecule has 4 atom stereocenters. The summed E-state index contributed by atoms with van der Waals surface area (Å²) in [5.74, 6) is -1.42. The van der Waals surface area contributed by atoms with Crippen LogP contribution < -0.4 is 9.47 Å². The molecule has 138 valence electrons. The van der Waals surface area contributed by atoms with Gasteiger partial charge in [0.05, 0.1) is 25.4 Å². The topological polar surface area (TPSA) is 93.1 Å². The molecular weight excluding hydrogens is 348 g/mol. The van der Waals surface area contributed by atoms with E-state index in [1.807, 2.05) is 24.3 Å². The van der Waals surface area contributed by atoms with Crippen molar-refractivity contribution in [3.05, 3.63) is 46.5 Å². The molecule has 6 heteroatoms. The van der Waals surface area contributed by atoms with Gasteiger partial charge in [-0.2, -0.15) is 0 Å². The Hall–Kier alpha value is -3.02. The fourth-order valence-corrected chi connectivity index (χ4v) is 5.79. The standard InChI is InChI=1S/C21H18O6/c1-26-18-8-5-3-4-6-9(8)19(27-2)15-11-7-10(14(15)18)12-13(11)17(21(24)25)16(12)20(22)23/h3-6,10-13H,7H2,1-2H3,(H,22,23)(H,24,25)/t10-,11+,12+,13-. The number of carboxylic acids is 2. The van der Waals surface area contributed by atoms with Crippen LogP contribution >= 0.6 is 0 Å². The molecular formula is C21H18O6. The van der Waals surface area contributed by atoms with Crippen molar-refractivity contribution in [1.82, 2.24) is 0 Å². The molecule has 1 saturated carbocycles. The summed E-state index contributed by atoms with van der Waals surface area (Å²) in [7, 11) is 3.24. The van der Waals surface area contributed by atoms with Gasteiger partial charge in [-0.15, -0.1) is 0 Å². The Morgan fingerprint density at radius 3 is 1.59 bits per heavy atom. The fourth-order valence-electron chi connectivity index (χ4n) is 5.79. The minimum atomic E-state index is -1.13. The third-order valence-electron chi connectivity index (χ3n) is 6.52. The lowest BCUT2D eigenvalue weighted by atomic mass is 9.59. The first-order chi connectivity index (χ1) is 13.0. The van der Waals surface area contributed by atoms with Gasteiger partial charge < -0.3 is 19.7 Å². The maximum Gasteiger partial charge on any atom is 0.332 e. The van der Waals surface area contributed by atoms with Crippen molar-refractivity contribution in [2.45, 2.75) is 18.3 Å². The van der Waals surface area contributed by atoms with Gasteiger partial charge in [-0.3, -0.25) is 0 Å². The third kappa shape index (κ3) is 1.75. The number of carbonyl (C=O) groups is 2. The maximum absolute atomic E-state index is 11.7. The van der Waals surface area contributed by atoms with E-state index in [2.05, 4.69) is 0 Å². The molecule has 0 unspecified atom stereocenters. The molecule has 1 fully saturated rings. The highest BCUT2D eigenvalue weighted by molar-refractivity contribution is 6.05. The summed E-state index contributed by atoms with van der Waals surface area (Å²) in [6.45, 7) is 0. The van der Waals surface area contributed by atoms with Crippen LogP contribution in [0.15, 0.2) is 35.4 Å². The number of methoxy groups -OCH3 is 2. The Bertz CT molecular complexity index is 984. The Morgan fingerprint density at radius 2 is 1.26 bits per heavy atom. The summed E-state index contributed by atoms with van der Waals surface area (Å²) in [5, 5.41) is 21.1. The van der Waals surface area contributed by atoms with Gasteiger partial charge in [0.25, 0.3) is 0 Å². The molecule has 2 aromatic carbocycles. The Balaban J connectivity index is 1.81. The number of aliphatic carboxylic acids is 2. The predicted octanol–water partition coefficient (Wildman–Crippen LogP) is 3.15. The zero-order valence-electron chi connectivity index (χ0n) is 14.9. The van der Waals surface area contributed by atoms with Gasteiger partial charge in [-0.05, 0) is 18.3 Å². The SMILES string of the molecule is COc1c2c(c(OC)c3ccccc13)[C@@H]1C[C@H]2[C@H]2C(C(=O)O)=C(C(=O)O)[C@H]21. The van der Waals surface area contributed by atoms with Gasteiger partial charge >= 0.3 is 11.9 Å². The molecule has 0 heterocycles. The van der Waals surface area contributed by atoms with Gasteiger partial charge in [0, 0.05) is 33.7 Å². The minimum Gasteiger partial charge on any atom is -0.496 e. The summed E-state index contributed by atoms with van der Waals surface area (Å²) in [6.07, 6.45) is 0.723. The number of carboxylic acid groups (broad SMARTS) is 2. The highest BCUT2D eigenvalue weighted by Crippen LogP contribution is 2.72. The number of ether oxygens (including phenoxy) is 2. The smallest absolute Gasteiger partial charge is 0.332 e. The van der Waals surface area contributed by atoms with E-state index in [0.717, 1.165) is 39.8 Å². The van der Waals surface area contributed by atoms with E-state index in [1.165, 1.54) is 0 Å². The van der Waals surface area contributed by atoms with Crippen molar-refractivity contribution in [2.24, 2.45) is 11.8 Å². The van der Waals surface area contributed by atoms with Gasteiger partial charge in [0.15, 0.2) is 0 Å². The first kappa shape index (κ1) is 16.2. The molecule has 0 aromatic heterocycles. The van der Waals surface area contributed by atoms with Gasteiger partial charge in [0.1, 0.15) is 11.5 Å². The molecule has 5 rings (SSSR count). The van der Waals surface area contributed by atoms with Crippen molar-refractivity contribution in [1.29, 1.82) is 0 Å². The summed E-state index contributed by atoms with van der Waals surface area (Å²) >= 11 is 0. The molecule has 0 saturated heterocycles. The van der Waals surface area contributed by atoms with Crippen molar-refractivity contribution >= 4 is 22.7 Å². The van der Waals surface area contributed by atoms with Crippen molar-refractivity contribution < 1.29 is 29.3 Å². The third-order valence-corrected chi connectivity index (χ3v) is 6.52. The van der Waals surface area contributed by atoms with Crippen LogP contribution in [0.1, 0.15) is 29.4 Å². The fraction of sp³-hybridized carbons (Fsp3) is 0.333. The molecule has 0 spiro atoms. The lowest BCUT2D eigenvalue weighted by Crippen LogP contribution is -2.41. The lowest BCUT2D eigenvalue weighted by molar-refractivity contribution is -0.139. The van der Waals surface area contributed by atoms with Gasteiger partial charge in [-0.25, -0.2) is 9.59 Å². The van der Waals surface area contributed by atoms with Crippen LogP contribution in [0.4, 0.5) is 0 Å². The normalized spacial score (nSPS) is 27.2.